The highest BCUT2D eigenvalue weighted by atomic mass is 16.3. The van der Waals surface area contributed by atoms with Crippen molar-refractivity contribution in [1.29, 1.82) is 0 Å². The van der Waals surface area contributed by atoms with E-state index in [4.69, 9.17) is 18.4 Å². The van der Waals surface area contributed by atoms with Gasteiger partial charge in [-0.1, -0.05) is 127 Å². The van der Waals surface area contributed by atoms with Crippen LogP contribution in [0.4, 0.5) is 17.1 Å². The maximum Gasteiger partial charge on any atom is 0.159 e. The summed E-state index contributed by atoms with van der Waals surface area (Å²) in [5.74, 6) is 0. The van der Waals surface area contributed by atoms with E-state index < -0.39 is 12.1 Å². The van der Waals surface area contributed by atoms with Crippen LogP contribution in [0.3, 0.4) is 0 Å². The van der Waals surface area contributed by atoms with Gasteiger partial charge in [-0.15, -0.1) is 0 Å². The zero-order chi connectivity index (χ0) is 38.4. The molecule has 2 heterocycles. The number of nitrogens with zero attached hydrogens (tertiary/aromatic N) is 1. The van der Waals surface area contributed by atoms with E-state index >= 15 is 0 Å². The fraction of sp³-hybridized carbons (Fsp3) is 0. The number of para-hydroxylation sites is 2. The molecule has 49 heavy (non-hydrogen) atoms. The predicted octanol–water partition coefficient (Wildman–Crippen LogP) is 13.4. The van der Waals surface area contributed by atoms with Crippen LogP contribution in [-0.2, 0) is 0 Å². The third kappa shape index (κ3) is 4.44. The minimum Gasteiger partial charge on any atom is -0.456 e. The van der Waals surface area contributed by atoms with Gasteiger partial charge >= 0.3 is 0 Å². The number of rotatable bonds is 5. The third-order valence-electron chi connectivity index (χ3n) is 9.20. The summed E-state index contributed by atoms with van der Waals surface area (Å²) >= 11 is 0. The third-order valence-corrected chi connectivity index (χ3v) is 9.20. The molecule has 10 rings (SSSR count). The van der Waals surface area contributed by atoms with Crippen molar-refractivity contribution in [3.05, 3.63) is 176 Å². The Bertz CT molecular complexity index is 3210. The lowest BCUT2D eigenvalue weighted by atomic mass is 9.99. The number of hydrogen-bond acceptors (Lipinski definition) is 3. The molecule has 0 saturated heterocycles. The van der Waals surface area contributed by atoms with Crippen LogP contribution in [0.5, 0.6) is 0 Å². The number of anilines is 3. The molecule has 3 heteroatoms. The summed E-state index contributed by atoms with van der Waals surface area (Å²) in [5.41, 5.74) is 6.77. The van der Waals surface area contributed by atoms with Crippen LogP contribution < -0.4 is 4.90 Å². The van der Waals surface area contributed by atoms with Gasteiger partial charge in [0, 0.05) is 38.3 Å². The van der Waals surface area contributed by atoms with E-state index in [1.807, 2.05) is 66.7 Å². The highest BCUT2D eigenvalue weighted by Crippen LogP contribution is 2.44. The fourth-order valence-electron chi connectivity index (χ4n) is 6.90. The molecule has 0 aliphatic carbocycles. The number of fused-ring (bicyclic) bond motifs is 8. The van der Waals surface area contributed by atoms with E-state index in [9.17, 15) is 0 Å². The summed E-state index contributed by atoms with van der Waals surface area (Å²) in [4.78, 5) is 2.12. The highest BCUT2D eigenvalue weighted by molar-refractivity contribution is 6.17. The lowest BCUT2D eigenvalue weighted by Crippen LogP contribution is -2.10. The molecule has 0 radical (unpaired) electrons. The van der Waals surface area contributed by atoms with Gasteiger partial charge in [-0.2, -0.15) is 0 Å². The minimum absolute atomic E-state index is 0.0590. The summed E-state index contributed by atoms with van der Waals surface area (Å²) in [6.07, 6.45) is 0. The molecule has 0 amide bonds. The molecule has 0 saturated carbocycles. The van der Waals surface area contributed by atoms with Gasteiger partial charge in [0.15, 0.2) is 5.58 Å². The second-order valence-electron chi connectivity index (χ2n) is 12.0. The highest BCUT2D eigenvalue weighted by Gasteiger charge is 2.21. The van der Waals surface area contributed by atoms with E-state index in [1.54, 1.807) is 0 Å². The van der Waals surface area contributed by atoms with E-state index in [0.29, 0.717) is 11.1 Å². The first-order valence-electron chi connectivity index (χ1n) is 19.5. The predicted molar refractivity (Wildman–Crippen MR) is 204 cm³/mol. The van der Waals surface area contributed by atoms with Gasteiger partial charge in [-0.05, 0) is 76.1 Å². The molecule has 0 aliphatic heterocycles. The van der Waals surface area contributed by atoms with Crippen LogP contribution in [0.25, 0.3) is 76.9 Å². The van der Waals surface area contributed by atoms with Gasteiger partial charge in [0.2, 0.25) is 0 Å². The molecule has 230 valence electrons. The Hall–Kier alpha value is -6.58. The second-order valence-corrected chi connectivity index (χ2v) is 12.0. The largest absolute Gasteiger partial charge is 0.456 e. The van der Waals surface area contributed by atoms with E-state index in [-0.39, 0.29) is 57.7 Å². The van der Waals surface area contributed by atoms with Crippen molar-refractivity contribution in [2.24, 2.45) is 0 Å². The Kier molecular flexibility index (Phi) is 4.79. The summed E-state index contributed by atoms with van der Waals surface area (Å²) in [6.45, 7) is 0. The molecule has 10 aromatic rings. The lowest BCUT2D eigenvalue weighted by Gasteiger charge is -2.26. The summed E-state index contributed by atoms with van der Waals surface area (Å²) < 4.78 is 72.8. The molecule has 0 unspecified atom stereocenters. The van der Waals surface area contributed by atoms with Crippen molar-refractivity contribution in [2.45, 2.75) is 0 Å². The maximum absolute atomic E-state index is 9.02. The Morgan fingerprint density at radius 3 is 1.94 bits per heavy atom. The van der Waals surface area contributed by atoms with Crippen LogP contribution in [0.1, 0.15) is 9.60 Å². The molecule has 2 aromatic heterocycles. The molecule has 0 bridgehead atoms. The van der Waals surface area contributed by atoms with Gasteiger partial charge in [0.1, 0.15) is 16.7 Å². The van der Waals surface area contributed by atoms with Crippen LogP contribution in [0.2, 0.25) is 0 Å². The van der Waals surface area contributed by atoms with Crippen molar-refractivity contribution in [2.75, 3.05) is 4.90 Å². The Balaban J connectivity index is 1.19. The molecule has 0 aliphatic rings. The van der Waals surface area contributed by atoms with Crippen molar-refractivity contribution >= 4 is 71.7 Å². The number of benzene rings is 8. The van der Waals surface area contributed by atoms with E-state index in [1.165, 1.54) is 0 Å². The van der Waals surface area contributed by atoms with E-state index in [0.717, 1.165) is 55.3 Å². The van der Waals surface area contributed by atoms with Gasteiger partial charge in [0.25, 0.3) is 0 Å². The van der Waals surface area contributed by atoms with Gasteiger partial charge in [-0.3, -0.25) is 0 Å². The molecule has 3 nitrogen and oxygen atoms in total. The van der Waals surface area contributed by atoms with E-state index in [2.05, 4.69) is 71.6 Å². The van der Waals surface area contributed by atoms with Crippen molar-refractivity contribution in [3.63, 3.8) is 0 Å². The Morgan fingerprint density at radius 1 is 0.429 bits per heavy atom. The summed E-state index contributed by atoms with van der Waals surface area (Å²) in [6, 6.07) is 41.9. The van der Waals surface area contributed by atoms with Crippen molar-refractivity contribution < 1.29 is 18.4 Å². The van der Waals surface area contributed by atoms with Crippen LogP contribution >= 0.6 is 0 Å². The Labute approximate surface area is 292 Å². The lowest BCUT2D eigenvalue weighted by molar-refractivity contribution is 0.669. The van der Waals surface area contributed by atoms with Crippen molar-refractivity contribution in [1.82, 2.24) is 0 Å². The van der Waals surface area contributed by atoms with Gasteiger partial charge in [0.05, 0.1) is 15.3 Å². The summed E-state index contributed by atoms with van der Waals surface area (Å²) in [7, 11) is 0. The first kappa shape index (κ1) is 21.3. The number of furan rings is 2. The van der Waals surface area contributed by atoms with Gasteiger partial charge < -0.3 is 13.7 Å². The molecule has 8 aromatic carbocycles. The maximum atomic E-state index is 9.02. The molecule has 0 fully saturated rings. The van der Waals surface area contributed by atoms with Gasteiger partial charge in [-0.25, -0.2) is 0 Å². The molecular weight excluding hydrogens is 599 g/mol. The SMILES string of the molecule is [2H]c1c([2H])c([2H])c2c(oc3c([2H])c([2H])c([2H])c(-c4ccc(N(c5ccc(-c6ccccc6)cc5)c5cccc6c5oc5c7ccccc7ccc65)cc4)c32)c1[2H]. The first-order valence-corrected chi connectivity index (χ1v) is 16.0. The molecular formula is C46H29NO2. The van der Waals surface area contributed by atoms with Crippen LogP contribution in [0, 0.1) is 0 Å². The first-order chi connectivity index (χ1) is 27.2. The number of hydrogen-bond donors (Lipinski definition) is 0. The van der Waals surface area contributed by atoms with Crippen LogP contribution in [-0.4, -0.2) is 0 Å². The second kappa shape index (κ2) is 11.0. The monoisotopic (exact) mass is 634 g/mol. The zero-order valence-electron chi connectivity index (χ0n) is 33.0. The summed E-state index contributed by atoms with van der Waals surface area (Å²) in [5, 5.41) is 4.38. The minimum atomic E-state index is -0.458. The molecule has 0 N–H and O–H groups in total. The van der Waals surface area contributed by atoms with Crippen LogP contribution in [0.15, 0.2) is 185 Å². The van der Waals surface area contributed by atoms with Crippen molar-refractivity contribution in [3.8, 4) is 22.3 Å². The topological polar surface area (TPSA) is 29.5 Å². The normalized spacial score (nSPS) is 13.7. The standard InChI is InChI=1S/C46H29NO2/c1-2-10-30(11-3-1)31-20-25-34(26-21-31)47(41-17-8-16-38-39-29-24-32-12-4-5-13-37(32)45(39)49-46(38)41)35-27-22-33(23-28-35)36-15-9-19-43-44(36)40-14-6-7-18-42(40)48-43/h1-29H/i6D,7D,9D,14D,15D,18D,19D. The average molecular weight is 635 g/mol. The Morgan fingerprint density at radius 2 is 1.10 bits per heavy atom. The average Bonchev–Trinajstić information content (AvgIpc) is 3.83. The zero-order valence-corrected chi connectivity index (χ0v) is 26.0. The quantitative estimate of drug-likeness (QED) is 0.189. The molecule has 0 spiro atoms. The smallest absolute Gasteiger partial charge is 0.159 e. The molecule has 0 atom stereocenters. The fourth-order valence-corrected chi connectivity index (χ4v) is 6.90.